The van der Waals surface area contributed by atoms with Crippen molar-refractivity contribution >= 4 is 6.03 Å². The Bertz CT molecular complexity index is 594. The van der Waals surface area contributed by atoms with Gasteiger partial charge in [0.25, 0.3) is 0 Å². The lowest BCUT2D eigenvalue weighted by Gasteiger charge is -2.27. The van der Waals surface area contributed by atoms with E-state index < -0.39 is 0 Å². The largest absolute Gasteiger partial charge is 0.493 e. The fraction of sp³-hybridized carbons (Fsp3) is 0.611. The predicted octanol–water partition coefficient (Wildman–Crippen LogP) is 2.66. The number of fused-ring (bicyclic) bond motifs is 2. The molecule has 0 spiro atoms. The molecular weight excluding hydrogens is 292 g/mol. The van der Waals surface area contributed by atoms with Gasteiger partial charge in [0, 0.05) is 19.0 Å². The van der Waals surface area contributed by atoms with Crippen molar-refractivity contribution in [2.75, 3.05) is 20.2 Å². The van der Waals surface area contributed by atoms with Crippen LogP contribution >= 0.6 is 0 Å². The van der Waals surface area contributed by atoms with Gasteiger partial charge in [0.15, 0.2) is 11.5 Å². The second kappa shape index (κ2) is 5.95. The molecule has 1 aromatic rings. The second-order valence-electron chi connectivity index (χ2n) is 7.03. The summed E-state index contributed by atoms with van der Waals surface area (Å²) in [6, 6.07) is 6.05. The molecule has 3 aliphatic rings. The number of ether oxygens (including phenoxy) is 2. The fourth-order valence-electron chi connectivity index (χ4n) is 4.34. The van der Waals surface area contributed by atoms with E-state index in [1.807, 2.05) is 6.07 Å². The van der Waals surface area contributed by atoms with E-state index >= 15 is 0 Å². The van der Waals surface area contributed by atoms with Crippen molar-refractivity contribution in [2.24, 2.45) is 11.8 Å². The third kappa shape index (κ3) is 2.84. The number of hydrogen-bond donors (Lipinski definition) is 2. The average Bonchev–Trinajstić information content (AvgIpc) is 3.18. The highest BCUT2D eigenvalue weighted by Crippen LogP contribution is 2.47. The number of rotatable bonds is 4. The number of urea groups is 1. The number of carbonyl (C=O) groups excluding carboxylic acids is 1. The van der Waals surface area contributed by atoms with E-state index in [0.29, 0.717) is 25.1 Å². The molecule has 0 aromatic heterocycles. The van der Waals surface area contributed by atoms with Crippen LogP contribution in [0.2, 0.25) is 0 Å². The molecule has 2 bridgehead atoms. The van der Waals surface area contributed by atoms with Crippen molar-refractivity contribution in [3.05, 3.63) is 23.8 Å². The molecule has 23 heavy (non-hydrogen) atoms. The third-order valence-corrected chi connectivity index (χ3v) is 5.63. The Morgan fingerprint density at radius 3 is 2.57 bits per heavy atom. The molecule has 2 saturated carbocycles. The second-order valence-corrected chi connectivity index (χ2v) is 7.03. The van der Waals surface area contributed by atoms with Crippen LogP contribution in [0, 0.1) is 11.8 Å². The van der Waals surface area contributed by atoms with Crippen molar-refractivity contribution in [2.45, 2.75) is 37.7 Å². The molecule has 4 rings (SSSR count). The van der Waals surface area contributed by atoms with E-state index in [0.717, 1.165) is 17.4 Å². The van der Waals surface area contributed by atoms with Gasteiger partial charge in [-0.05, 0) is 55.2 Å². The zero-order valence-corrected chi connectivity index (χ0v) is 13.5. The number of benzene rings is 1. The number of amides is 2. The minimum atomic E-state index is -0.0896. The number of nitrogens with one attached hydrogen (secondary N) is 2. The molecule has 1 aliphatic heterocycles. The van der Waals surface area contributed by atoms with Gasteiger partial charge in [-0.25, -0.2) is 4.79 Å². The maximum absolute atomic E-state index is 11.2. The molecule has 2 unspecified atom stereocenters. The summed E-state index contributed by atoms with van der Waals surface area (Å²) in [6.45, 7) is 1.32. The standard InChI is InChI=1S/C18H24N2O3/c1-22-15-5-4-12(14-9-19-18(21)20-10-14)8-17(15)23-16-7-11-2-3-13(16)6-11/h4-5,8,11,13-14,16H,2-3,6-7,9-10H2,1H3,(H2,19,20,21)/t11?,13?,16-/m1/s1. The normalized spacial score (nSPS) is 30.0. The highest BCUT2D eigenvalue weighted by Gasteiger charge is 2.41. The van der Waals surface area contributed by atoms with Gasteiger partial charge in [-0.2, -0.15) is 0 Å². The van der Waals surface area contributed by atoms with E-state index in [9.17, 15) is 4.79 Å². The fourth-order valence-corrected chi connectivity index (χ4v) is 4.34. The maximum atomic E-state index is 11.2. The molecule has 124 valence electrons. The molecule has 5 nitrogen and oxygen atoms in total. The molecule has 1 aromatic carbocycles. The van der Waals surface area contributed by atoms with Crippen molar-refractivity contribution in [3.63, 3.8) is 0 Å². The van der Waals surface area contributed by atoms with Gasteiger partial charge in [0.1, 0.15) is 6.10 Å². The van der Waals surface area contributed by atoms with E-state index in [1.54, 1.807) is 7.11 Å². The molecule has 2 amide bonds. The number of methoxy groups -OCH3 is 1. The number of carbonyl (C=O) groups is 1. The summed E-state index contributed by atoms with van der Waals surface area (Å²) < 4.78 is 11.8. The van der Waals surface area contributed by atoms with Gasteiger partial charge in [-0.1, -0.05) is 6.07 Å². The van der Waals surface area contributed by atoms with Crippen molar-refractivity contribution in [3.8, 4) is 11.5 Å². The van der Waals surface area contributed by atoms with E-state index in [1.165, 1.54) is 31.2 Å². The lowest BCUT2D eigenvalue weighted by molar-refractivity contribution is 0.133. The zero-order chi connectivity index (χ0) is 15.8. The Kier molecular flexibility index (Phi) is 3.79. The summed E-state index contributed by atoms with van der Waals surface area (Å²) in [7, 11) is 1.69. The SMILES string of the molecule is COc1ccc(C2CNC(=O)NC2)cc1O[C@@H]1CC2CCC1C2. The predicted molar refractivity (Wildman–Crippen MR) is 87.0 cm³/mol. The quantitative estimate of drug-likeness (QED) is 0.898. The summed E-state index contributed by atoms with van der Waals surface area (Å²) >= 11 is 0. The molecule has 2 aliphatic carbocycles. The molecule has 0 radical (unpaired) electrons. The smallest absolute Gasteiger partial charge is 0.314 e. The Hall–Kier alpha value is -1.91. The van der Waals surface area contributed by atoms with Crippen LogP contribution in [0.25, 0.3) is 0 Å². The molecule has 3 fully saturated rings. The summed E-state index contributed by atoms with van der Waals surface area (Å²) in [5, 5.41) is 5.70. The first-order valence-corrected chi connectivity index (χ1v) is 8.59. The van der Waals surface area contributed by atoms with E-state index in [-0.39, 0.29) is 11.9 Å². The monoisotopic (exact) mass is 316 g/mol. The summed E-state index contributed by atoms with van der Waals surface area (Å²) in [5.74, 6) is 3.48. The molecular formula is C18H24N2O3. The Morgan fingerprint density at radius 2 is 1.91 bits per heavy atom. The summed E-state index contributed by atoms with van der Waals surface area (Å²) in [4.78, 5) is 11.2. The summed E-state index contributed by atoms with van der Waals surface area (Å²) in [5.41, 5.74) is 1.18. The van der Waals surface area contributed by atoms with Crippen LogP contribution in [0.5, 0.6) is 11.5 Å². The van der Waals surface area contributed by atoms with Crippen molar-refractivity contribution in [1.29, 1.82) is 0 Å². The first-order valence-electron chi connectivity index (χ1n) is 8.59. The van der Waals surface area contributed by atoms with Crippen LogP contribution in [0.4, 0.5) is 4.79 Å². The Balaban J connectivity index is 1.52. The lowest BCUT2D eigenvalue weighted by atomic mass is 9.96. The molecule has 5 heteroatoms. The molecule has 1 heterocycles. The van der Waals surface area contributed by atoms with Gasteiger partial charge in [-0.3, -0.25) is 0 Å². The van der Waals surface area contributed by atoms with Crippen LogP contribution in [0.1, 0.15) is 37.2 Å². The third-order valence-electron chi connectivity index (χ3n) is 5.63. The molecule has 1 saturated heterocycles. The Morgan fingerprint density at radius 1 is 1.09 bits per heavy atom. The molecule has 2 N–H and O–H groups in total. The van der Waals surface area contributed by atoms with Gasteiger partial charge in [-0.15, -0.1) is 0 Å². The first kappa shape index (κ1) is 14.7. The van der Waals surface area contributed by atoms with Gasteiger partial charge < -0.3 is 20.1 Å². The molecule has 3 atom stereocenters. The van der Waals surface area contributed by atoms with Crippen LogP contribution in [0.15, 0.2) is 18.2 Å². The number of hydrogen-bond acceptors (Lipinski definition) is 3. The van der Waals surface area contributed by atoms with Gasteiger partial charge in [0.2, 0.25) is 0 Å². The van der Waals surface area contributed by atoms with Crippen molar-refractivity contribution < 1.29 is 14.3 Å². The Labute approximate surface area is 136 Å². The maximum Gasteiger partial charge on any atom is 0.314 e. The van der Waals surface area contributed by atoms with Crippen molar-refractivity contribution in [1.82, 2.24) is 10.6 Å². The first-order chi connectivity index (χ1) is 11.2. The van der Waals surface area contributed by atoms with Crippen LogP contribution in [0.3, 0.4) is 0 Å². The highest BCUT2D eigenvalue weighted by atomic mass is 16.5. The summed E-state index contributed by atoms with van der Waals surface area (Å²) in [6.07, 6.45) is 5.51. The minimum absolute atomic E-state index is 0.0896. The van der Waals surface area contributed by atoms with Crippen LogP contribution < -0.4 is 20.1 Å². The lowest BCUT2D eigenvalue weighted by Crippen LogP contribution is -2.47. The zero-order valence-electron chi connectivity index (χ0n) is 13.5. The van der Waals surface area contributed by atoms with Crippen LogP contribution in [-0.2, 0) is 0 Å². The highest BCUT2D eigenvalue weighted by molar-refractivity contribution is 5.75. The van der Waals surface area contributed by atoms with E-state index in [4.69, 9.17) is 9.47 Å². The average molecular weight is 316 g/mol. The van der Waals surface area contributed by atoms with Gasteiger partial charge in [0.05, 0.1) is 7.11 Å². The van der Waals surface area contributed by atoms with Gasteiger partial charge >= 0.3 is 6.03 Å². The van der Waals surface area contributed by atoms with Crippen LogP contribution in [-0.4, -0.2) is 32.3 Å². The van der Waals surface area contributed by atoms with E-state index in [2.05, 4.69) is 22.8 Å². The topological polar surface area (TPSA) is 59.6 Å². The minimum Gasteiger partial charge on any atom is -0.493 e.